The van der Waals surface area contributed by atoms with Gasteiger partial charge in [-0.2, -0.15) is 0 Å². The molecule has 0 aromatic carbocycles. The molecule has 3 aromatic heterocycles. The van der Waals surface area contributed by atoms with Crippen LogP contribution < -0.4 is 15.5 Å². The number of fused-ring (bicyclic) bond motifs is 1. The minimum absolute atomic E-state index is 0.0968. The van der Waals surface area contributed by atoms with Crippen molar-refractivity contribution in [1.29, 1.82) is 0 Å². The summed E-state index contributed by atoms with van der Waals surface area (Å²) < 4.78 is 0. The third-order valence-electron chi connectivity index (χ3n) is 5.80. The summed E-state index contributed by atoms with van der Waals surface area (Å²) in [4.78, 5) is 28.4. The normalized spacial score (nSPS) is 22.4. The Hall–Kier alpha value is -2.49. The molecule has 3 aromatic rings. The molecule has 2 aliphatic heterocycles. The smallest absolute Gasteiger partial charge is 0.253 e. The third-order valence-corrected chi connectivity index (χ3v) is 6.95. The summed E-state index contributed by atoms with van der Waals surface area (Å²) in [6.45, 7) is 3.44. The number of imidazole rings is 1. The van der Waals surface area contributed by atoms with E-state index in [2.05, 4.69) is 36.6 Å². The van der Waals surface area contributed by atoms with Gasteiger partial charge in [0, 0.05) is 31.9 Å². The summed E-state index contributed by atoms with van der Waals surface area (Å²) in [7, 11) is 0. The highest BCUT2D eigenvalue weighted by molar-refractivity contribution is 7.19. The van der Waals surface area contributed by atoms with Gasteiger partial charge < -0.3 is 25.6 Å². The zero-order valence-electron chi connectivity index (χ0n) is 16.7. The molecule has 1 amide bonds. The number of amides is 1. The van der Waals surface area contributed by atoms with Gasteiger partial charge in [-0.15, -0.1) is 11.3 Å². The molecule has 0 aliphatic carbocycles. The van der Waals surface area contributed by atoms with Crippen LogP contribution in [0.3, 0.4) is 0 Å². The molecular weight excluding hydrogens is 400 g/mol. The van der Waals surface area contributed by atoms with E-state index in [0.717, 1.165) is 55.2 Å². The van der Waals surface area contributed by atoms with E-state index < -0.39 is 0 Å². The standard InChI is InChI=1S/C21H26N6O2S/c28-14-4-2-10-27(12-14)17-6-5-16(30-17)19-25-18-15(7-9-23-20(18)26-19)21(29)24-13-3-1-8-22-11-13/h5-7,9,13-14,22,28H,1-4,8,10-12H2,(H,24,29)(H,23,25,26). The number of aliphatic hydroxyl groups excluding tert-OH is 1. The Bertz CT molecular complexity index is 1040. The van der Waals surface area contributed by atoms with E-state index in [1.807, 2.05) is 6.07 Å². The Labute approximate surface area is 178 Å². The summed E-state index contributed by atoms with van der Waals surface area (Å²) in [6, 6.07) is 6.00. The van der Waals surface area contributed by atoms with E-state index in [4.69, 9.17) is 0 Å². The van der Waals surface area contributed by atoms with E-state index in [1.165, 1.54) is 0 Å². The second kappa shape index (κ2) is 8.33. The molecule has 2 saturated heterocycles. The van der Waals surface area contributed by atoms with Gasteiger partial charge in [-0.25, -0.2) is 9.97 Å². The van der Waals surface area contributed by atoms with Crippen molar-refractivity contribution in [2.24, 2.45) is 0 Å². The second-order valence-electron chi connectivity index (χ2n) is 8.04. The fourth-order valence-corrected chi connectivity index (χ4v) is 5.22. The van der Waals surface area contributed by atoms with Gasteiger partial charge in [0.15, 0.2) is 11.5 Å². The average Bonchev–Trinajstić information content (AvgIpc) is 3.41. The summed E-state index contributed by atoms with van der Waals surface area (Å²) in [5, 5.41) is 17.5. The van der Waals surface area contributed by atoms with Crippen LogP contribution in [0.4, 0.5) is 5.00 Å². The summed E-state index contributed by atoms with van der Waals surface area (Å²) in [6.07, 6.45) is 5.30. The third kappa shape index (κ3) is 3.92. The molecule has 0 bridgehead atoms. The lowest BCUT2D eigenvalue weighted by atomic mass is 10.1. The Morgan fingerprint density at radius 2 is 2.20 bits per heavy atom. The predicted molar refractivity (Wildman–Crippen MR) is 118 cm³/mol. The molecule has 0 spiro atoms. The van der Waals surface area contributed by atoms with Crippen molar-refractivity contribution >= 4 is 33.4 Å². The van der Waals surface area contributed by atoms with Gasteiger partial charge in [0.05, 0.1) is 27.1 Å². The molecule has 2 aliphatic rings. The molecule has 158 valence electrons. The largest absolute Gasteiger partial charge is 0.391 e. The molecule has 5 rings (SSSR count). The number of anilines is 1. The van der Waals surface area contributed by atoms with E-state index in [9.17, 15) is 9.90 Å². The number of carbonyl (C=O) groups excluding carboxylic acids is 1. The minimum Gasteiger partial charge on any atom is -0.391 e. The first kappa shape index (κ1) is 19.5. The molecule has 9 heteroatoms. The molecule has 4 N–H and O–H groups in total. The second-order valence-corrected chi connectivity index (χ2v) is 9.10. The van der Waals surface area contributed by atoms with E-state index in [1.54, 1.807) is 23.6 Å². The van der Waals surface area contributed by atoms with Crippen LogP contribution in [0.15, 0.2) is 24.4 Å². The number of aromatic nitrogens is 3. The number of aromatic amines is 1. The Morgan fingerprint density at radius 3 is 3.03 bits per heavy atom. The first-order valence-electron chi connectivity index (χ1n) is 10.6. The summed E-state index contributed by atoms with van der Waals surface area (Å²) in [5.74, 6) is 0.617. The van der Waals surface area contributed by atoms with Crippen molar-refractivity contribution in [2.45, 2.75) is 37.8 Å². The SMILES string of the molecule is O=C(NC1CCCNC1)c1ccnc2nc(-c3ccc(N4CCCC(O)C4)s3)[nH]c12. The fraction of sp³-hybridized carbons (Fsp3) is 0.476. The van der Waals surface area contributed by atoms with Gasteiger partial charge in [-0.3, -0.25) is 4.79 Å². The number of nitrogens with one attached hydrogen (secondary N) is 3. The van der Waals surface area contributed by atoms with Crippen molar-refractivity contribution < 1.29 is 9.90 Å². The number of piperidine rings is 2. The van der Waals surface area contributed by atoms with Gasteiger partial charge in [0.1, 0.15) is 0 Å². The number of nitrogens with zero attached hydrogens (tertiary/aromatic N) is 3. The summed E-state index contributed by atoms with van der Waals surface area (Å²) in [5.41, 5.74) is 1.78. The lowest BCUT2D eigenvalue weighted by Gasteiger charge is -2.30. The number of thiophene rings is 1. The van der Waals surface area contributed by atoms with Crippen molar-refractivity contribution in [2.75, 3.05) is 31.1 Å². The number of rotatable bonds is 4. The molecule has 0 radical (unpaired) electrons. The van der Waals surface area contributed by atoms with Gasteiger partial charge in [0.25, 0.3) is 5.91 Å². The van der Waals surface area contributed by atoms with Crippen LogP contribution in [-0.2, 0) is 0 Å². The lowest BCUT2D eigenvalue weighted by molar-refractivity contribution is 0.0932. The van der Waals surface area contributed by atoms with E-state index >= 15 is 0 Å². The number of β-amino-alcohol motifs (C(OH)–C–C–N with tert-alkyl or cyclic N) is 1. The first-order valence-corrected chi connectivity index (χ1v) is 11.4. The molecule has 2 atom stereocenters. The van der Waals surface area contributed by atoms with Crippen molar-refractivity contribution in [3.63, 3.8) is 0 Å². The maximum Gasteiger partial charge on any atom is 0.253 e. The number of hydrogen-bond donors (Lipinski definition) is 4. The molecule has 30 heavy (non-hydrogen) atoms. The molecule has 0 saturated carbocycles. The van der Waals surface area contributed by atoms with E-state index in [0.29, 0.717) is 29.1 Å². The highest BCUT2D eigenvalue weighted by Crippen LogP contribution is 2.34. The molecular formula is C21H26N6O2S. The monoisotopic (exact) mass is 426 g/mol. The minimum atomic E-state index is -0.264. The molecule has 5 heterocycles. The van der Waals surface area contributed by atoms with Crippen LogP contribution in [-0.4, -0.2) is 64.3 Å². The number of carbonyl (C=O) groups is 1. The Balaban J connectivity index is 1.39. The maximum atomic E-state index is 12.9. The number of aliphatic hydroxyl groups is 1. The maximum absolute atomic E-state index is 12.9. The van der Waals surface area contributed by atoms with Crippen LogP contribution in [0.5, 0.6) is 0 Å². The fourth-order valence-electron chi connectivity index (χ4n) is 4.23. The molecule has 2 fully saturated rings. The zero-order valence-corrected chi connectivity index (χ0v) is 17.5. The van der Waals surface area contributed by atoms with Gasteiger partial charge in [0.2, 0.25) is 0 Å². The average molecular weight is 427 g/mol. The number of hydrogen-bond acceptors (Lipinski definition) is 7. The molecule has 8 nitrogen and oxygen atoms in total. The highest BCUT2D eigenvalue weighted by atomic mass is 32.1. The van der Waals surface area contributed by atoms with E-state index in [-0.39, 0.29) is 18.1 Å². The van der Waals surface area contributed by atoms with Gasteiger partial charge >= 0.3 is 0 Å². The van der Waals surface area contributed by atoms with Crippen molar-refractivity contribution in [3.8, 4) is 10.7 Å². The van der Waals surface area contributed by atoms with Gasteiger partial charge in [-0.05, 0) is 50.4 Å². The number of pyridine rings is 1. The number of H-pyrrole nitrogens is 1. The lowest BCUT2D eigenvalue weighted by Crippen LogP contribution is -2.45. The Kier molecular flexibility index (Phi) is 5.41. The van der Waals surface area contributed by atoms with Gasteiger partial charge in [-0.1, -0.05) is 0 Å². The van der Waals surface area contributed by atoms with Crippen molar-refractivity contribution in [3.05, 3.63) is 30.0 Å². The topological polar surface area (TPSA) is 106 Å². The highest BCUT2D eigenvalue weighted by Gasteiger charge is 2.22. The Morgan fingerprint density at radius 1 is 1.27 bits per heavy atom. The quantitative estimate of drug-likeness (QED) is 0.509. The van der Waals surface area contributed by atoms with Crippen LogP contribution in [0.1, 0.15) is 36.0 Å². The van der Waals surface area contributed by atoms with Crippen LogP contribution in [0.25, 0.3) is 21.9 Å². The van der Waals surface area contributed by atoms with Crippen LogP contribution in [0, 0.1) is 0 Å². The zero-order chi connectivity index (χ0) is 20.5. The first-order chi connectivity index (χ1) is 14.7. The summed E-state index contributed by atoms with van der Waals surface area (Å²) >= 11 is 1.64. The van der Waals surface area contributed by atoms with Crippen LogP contribution in [0.2, 0.25) is 0 Å². The van der Waals surface area contributed by atoms with Crippen molar-refractivity contribution in [1.82, 2.24) is 25.6 Å². The van der Waals surface area contributed by atoms with Crippen LogP contribution >= 0.6 is 11.3 Å². The molecule has 2 unspecified atom stereocenters. The predicted octanol–water partition coefficient (Wildman–Crippen LogP) is 2.13.